The van der Waals surface area contributed by atoms with Crippen LogP contribution in [-0.2, 0) is 19.0 Å². The predicted octanol–water partition coefficient (Wildman–Crippen LogP) is 2.29. The van der Waals surface area contributed by atoms with Crippen LogP contribution in [-0.4, -0.2) is 60.4 Å². The second-order valence-corrected chi connectivity index (χ2v) is 9.08. The zero-order valence-electron chi connectivity index (χ0n) is 16.3. The van der Waals surface area contributed by atoms with Crippen LogP contribution < -0.4 is 4.74 Å². The lowest BCUT2D eigenvalue weighted by molar-refractivity contribution is 0.0122. The lowest BCUT2D eigenvalue weighted by atomic mass is 10.1. The van der Waals surface area contributed by atoms with Gasteiger partial charge < -0.3 is 14.4 Å². The highest BCUT2D eigenvalue weighted by Crippen LogP contribution is 2.21. The number of ether oxygens (including phenoxy) is 2. The predicted molar refractivity (Wildman–Crippen MR) is 97.8 cm³/mol. The van der Waals surface area contributed by atoms with E-state index in [0.717, 1.165) is 6.26 Å². The molecule has 0 spiro atoms. The SMILES string of the molecule is CC(OS(C)(=O)=O)c1nccc(OC2CCN(C(=O)OC(C)(C)C)CC2)n1. The number of carbonyl (C=O) groups excluding carboxylic acids is 1. The van der Waals surface area contributed by atoms with Crippen LogP contribution in [0.3, 0.4) is 0 Å². The van der Waals surface area contributed by atoms with Crippen LogP contribution in [0.5, 0.6) is 5.88 Å². The number of aromatic nitrogens is 2. The Morgan fingerprint density at radius 3 is 2.48 bits per heavy atom. The van der Waals surface area contributed by atoms with Crippen LogP contribution >= 0.6 is 0 Å². The first kappa shape index (κ1) is 21.4. The van der Waals surface area contributed by atoms with Crippen molar-refractivity contribution in [2.24, 2.45) is 0 Å². The van der Waals surface area contributed by atoms with Gasteiger partial charge in [0.1, 0.15) is 17.8 Å². The Labute approximate surface area is 160 Å². The Balaban J connectivity index is 1.90. The fraction of sp³-hybridized carbons (Fsp3) is 0.706. The Hall–Kier alpha value is -1.94. The average molecular weight is 401 g/mol. The summed E-state index contributed by atoms with van der Waals surface area (Å²) in [6.07, 6.45) is 2.53. The van der Waals surface area contributed by atoms with E-state index in [1.807, 2.05) is 20.8 Å². The van der Waals surface area contributed by atoms with Crippen molar-refractivity contribution in [3.8, 4) is 5.88 Å². The third-order valence-electron chi connectivity index (χ3n) is 3.71. The Morgan fingerprint density at radius 1 is 1.30 bits per heavy atom. The molecule has 1 aliphatic rings. The number of piperidine rings is 1. The standard InChI is InChI=1S/C17H27N3O6S/c1-12(26-27(5,22)23)15-18-9-6-14(19-15)24-13-7-10-20(11-8-13)16(21)25-17(2,3)4/h6,9,12-13H,7-8,10-11H2,1-5H3. The molecule has 9 nitrogen and oxygen atoms in total. The smallest absolute Gasteiger partial charge is 0.410 e. The second kappa shape index (κ2) is 8.39. The molecule has 1 aliphatic heterocycles. The lowest BCUT2D eigenvalue weighted by Crippen LogP contribution is -2.44. The van der Waals surface area contributed by atoms with Gasteiger partial charge in [0.25, 0.3) is 10.1 Å². The first-order valence-electron chi connectivity index (χ1n) is 8.79. The van der Waals surface area contributed by atoms with Crippen LogP contribution in [0, 0.1) is 0 Å². The molecule has 1 aromatic rings. The maximum absolute atomic E-state index is 12.1. The fourth-order valence-corrected chi connectivity index (χ4v) is 3.19. The number of carbonyl (C=O) groups is 1. The van der Waals surface area contributed by atoms with E-state index in [0.29, 0.717) is 31.8 Å². The van der Waals surface area contributed by atoms with E-state index in [9.17, 15) is 13.2 Å². The van der Waals surface area contributed by atoms with Gasteiger partial charge in [0.05, 0.1) is 6.26 Å². The summed E-state index contributed by atoms with van der Waals surface area (Å²) in [5.41, 5.74) is -0.521. The molecule has 152 valence electrons. The molecule has 1 saturated heterocycles. The minimum atomic E-state index is -3.61. The largest absolute Gasteiger partial charge is 0.474 e. The van der Waals surface area contributed by atoms with Gasteiger partial charge in [-0.15, -0.1) is 0 Å². The molecule has 0 bridgehead atoms. The lowest BCUT2D eigenvalue weighted by Gasteiger charge is -2.33. The molecule has 27 heavy (non-hydrogen) atoms. The van der Waals surface area contributed by atoms with E-state index in [-0.39, 0.29) is 18.0 Å². The summed E-state index contributed by atoms with van der Waals surface area (Å²) in [6.45, 7) is 8.13. The molecule has 1 amide bonds. The van der Waals surface area contributed by atoms with E-state index in [1.165, 1.54) is 6.20 Å². The van der Waals surface area contributed by atoms with Gasteiger partial charge in [-0.25, -0.2) is 9.78 Å². The fourth-order valence-electron chi connectivity index (χ4n) is 2.58. The summed E-state index contributed by atoms with van der Waals surface area (Å²) in [7, 11) is -3.61. The molecular formula is C17H27N3O6S. The molecule has 2 heterocycles. The van der Waals surface area contributed by atoms with Crippen molar-refractivity contribution >= 4 is 16.2 Å². The zero-order chi connectivity index (χ0) is 20.2. The molecule has 10 heteroatoms. The topological polar surface area (TPSA) is 108 Å². The Kier molecular flexibility index (Phi) is 6.63. The van der Waals surface area contributed by atoms with Crippen molar-refractivity contribution in [2.75, 3.05) is 19.3 Å². The van der Waals surface area contributed by atoms with E-state index >= 15 is 0 Å². The highest BCUT2D eigenvalue weighted by Gasteiger charge is 2.28. The molecule has 0 aromatic carbocycles. The summed E-state index contributed by atoms with van der Waals surface area (Å²) in [4.78, 5) is 22.0. The Bertz CT molecular complexity index is 754. The van der Waals surface area contributed by atoms with Gasteiger partial charge >= 0.3 is 6.09 Å². The number of nitrogens with zero attached hydrogens (tertiary/aromatic N) is 3. The number of hydrogen-bond donors (Lipinski definition) is 0. The maximum atomic E-state index is 12.1. The van der Waals surface area contributed by atoms with Crippen molar-refractivity contribution in [2.45, 2.75) is 58.3 Å². The van der Waals surface area contributed by atoms with E-state index < -0.39 is 21.8 Å². The first-order chi connectivity index (χ1) is 12.4. The van der Waals surface area contributed by atoms with E-state index in [4.69, 9.17) is 13.7 Å². The normalized spacial score (nSPS) is 17.4. The molecule has 1 unspecified atom stereocenters. The molecule has 1 aromatic heterocycles. The van der Waals surface area contributed by atoms with E-state index in [1.54, 1.807) is 17.9 Å². The Morgan fingerprint density at radius 2 is 1.93 bits per heavy atom. The van der Waals surface area contributed by atoms with Crippen molar-refractivity contribution < 1.29 is 26.9 Å². The summed E-state index contributed by atoms with van der Waals surface area (Å²) >= 11 is 0. The second-order valence-electron chi connectivity index (χ2n) is 7.48. The van der Waals surface area contributed by atoms with Gasteiger partial charge in [0, 0.05) is 38.2 Å². The number of amides is 1. The summed E-state index contributed by atoms with van der Waals surface area (Å²) in [5.74, 6) is 0.573. The van der Waals surface area contributed by atoms with E-state index in [2.05, 4.69) is 9.97 Å². The molecule has 1 atom stereocenters. The maximum Gasteiger partial charge on any atom is 0.410 e. The van der Waals surface area contributed by atoms with Crippen LogP contribution in [0.25, 0.3) is 0 Å². The quantitative estimate of drug-likeness (QED) is 0.692. The number of rotatable bonds is 5. The average Bonchev–Trinajstić information content (AvgIpc) is 2.52. The molecular weight excluding hydrogens is 374 g/mol. The molecule has 0 saturated carbocycles. The van der Waals surface area contributed by atoms with Crippen molar-refractivity contribution in [3.05, 3.63) is 18.1 Å². The van der Waals surface area contributed by atoms with Gasteiger partial charge in [-0.2, -0.15) is 13.4 Å². The summed E-state index contributed by atoms with van der Waals surface area (Å²) in [5, 5.41) is 0. The molecule has 2 rings (SSSR count). The molecule has 1 fully saturated rings. The third kappa shape index (κ3) is 7.30. The van der Waals surface area contributed by atoms with Crippen molar-refractivity contribution in [3.63, 3.8) is 0 Å². The van der Waals surface area contributed by atoms with Gasteiger partial charge in [0.2, 0.25) is 5.88 Å². The number of hydrogen-bond acceptors (Lipinski definition) is 8. The van der Waals surface area contributed by atoms with Crippen LogP contribution in [0.15, 0.2) is 12.3 Å². The molecule has 0 radical (unpaired) electrons. The molecule has 0 aliphatic carbocycles. The number of likely N-dealkylation sites (tertiary alicyclic amines) is 1. The van der Waals surface area contributed by atoms with Crippen molar-refractivity contribution in [1.29, 1.82) is 0 Å². The van der Waals surface area contributed by atoms with Gasteiger partial charge in [-0.1, -0.05) is 0 Å². The van der Waals surface area contributed by atoms with Crippen LogP contribution in [0.4, 0.5) is 4.79 Å². The minimum Gasteiger partial charge on any atom is -0.474 e. The molecule has 0 N–H and O–H groups in total. The summed E-state index contributed by atoms with van der Waals surface area (Å²) < 4.78 is 38.6. The first-order valence-corrected chi connectivity index (χ1v) is 10.6. The monoisotopic (exact) mass is 401 g/mol. The zero-order valence-corrected chi connectivity index (χ0v) is 17.2. The van der Waals surface area contributed by atoms with Gasteiger partial charge in [-0.05, 0) is 27.7 Å². The highest BCUT2D eigenvalue weighted by molar-refractivity contribution is 7.86. The third-order valence-corrected chi connectivity index (χ3v) is 4.35. The van der Waals surface area contributed by atoms with Crippen LogP contribution in [0.2, 0.25) is 0 Å². The van der Waals surface area contributed by atoms with Gasteiger partial charge in [0.15, 0.2) is 5.82 Å². The minimum absolute atomic E-state index is 0.0995. The summed E-state index contributed by atoms with van der Waals surface area (Å²) in [6, 6.07) is 1.61. The van der Waals surface area contributed by atoms with Crippen LogP contribution in [0.1, 0.15) is 52.5 Å². The highest BCUT2D eigenvalue weighted by atomic mass is 32.2. The van der Waals surface area contributed by atoms with Crippen molar-refractivity contribution in [1.82, 2.24) is 14.9 Å². The van der Waals surface area contributed by atoms with Gasteiger partial charge in [-0.3, -0.25) is 4.18 Å².